The highest BCUT2D eigenvalue weighted by Gasteiger charge is 2.17. The summed E-state index contributed by atoms with van der Waals surface area (Å²) >= 11 is 0. The van der Waals surface area contributed by atoms with Crippen molar-refractivity contribution in [2.24, 2.45) is 0 Å². The van der Waals surface area contributed by atoms with Crippen molar-refractivity contribution in [2.45, 2.75) is 13.3 Å². The number of aromatic amines is 1. The van der Waals surface area contributed by atoms with Crippen LogP contribution in [0.2, 0.25) is 0 Å². The number of carboxylic acid groups (broad SMARTS) is 1. The second-order valence-corrected chi connectivity index (χ2v) is 5.00. The molecule has 3 aromatic rings. The van der Waals surface area contributed by atoms with Gasteiger partial charge < -0.3 is 10.1 Å². The van der Waals surface area contributed by atoms with E-state index in [0.717, 1.165) is 27.6 Å². The molecule has 3 heteroatoms. The number of rotatable bonds is 3. The van der Waals surface area contributed by atoms with Gasteiger partial charge in [0.05, 0.1) is 0 Å². The van der Waals surface area contributed by atoms with Crippen molar-refractivity contribution >= 4 is 16.9 Å². The predicted octanol–water partition coefficient (Wildman–Crippen LogP) is 3.77. The van der Waals surface area contributed by atoms with E-state index in [1.165, 1.54) is 0 Å². The van der Waals surface area contributed by atoms with Gasteiger partial charge in [0.2, 0.25) is 0 Å². The number of aryl methyl sites for hydroxylation is 1. The second-order valence-electron chi connectivity index (χ2n) is 5.00. The molecule has 1 heterocycles. The number of aromatic carboxylic acids is 1. The maximum Gasteiger partial charge on any atom is 0.352 e. The summed E-state index contributed by atoms with van der Waals surface area (Å²) in [5, 5.41) is 10.4. The maximum atomic E-state index is 11.4. The molecule has 3 rings (SSSR count). The van der Waals surface area contributed by atoms with Crippen LogP contribution in [0.25, 0.3) is 10.9 Å². The van der Waals surface area contributed by atoms with Crippen LogP contribution in [-0.4, -0.2) is 16.1 Å². The Hall–Kier alpha value is -2.55. The summed E-state index contributed by atoms with van der Waals surface area (Å²) in [5.41, 5.74) is 4.25. The molecule has 0 spiro atoms. The monoisotopic (exact) mass is 265 g/mol. The fraction of sp³-hybridized carbons (Fsp3) is 0.118. The van der Waals surface area contributed by atoms with E-state index in [-0.39, 0.29) is 5.69 Å². The van der Waals surface area contributed by atoms with Crippen molar-refractivity contribution in [3.8, 4) is 0 Å². The van der Waals surface area contributed by atoms with Gasteiger partial charge in [-0.05, 0) is 30.2 Å². The van der Waals surface area contributed by atoms with E-state index in [2.05, 4.69) is 4.98 Å². The third kappa shape index (κ3) is 2.18. The lowest BCUT2D eigenvalue weighted by Crippen LogP contribution is -2.01. The van der Waals surface area contributed by atoms with E-state index < -0.39 is 5.97 Å². The van der Waals surface area contributed by atoms with Gasteiger partial charge in [0.1, 0.15) is 5.69 Å². The molecule has 0 radical (unpaired) electrons. The number of hydrogen-bond donors (Lipinski definition) is 2. The Bertz CT molecular complexity index is 772. The van der Waals surface area contributed by atoms with Gasteiger partial charge in [-0.15, -0.1) is 0 Å². The van der Waals surface area contributed by atoms with Gasteiger partial charge >= 0.3 is 5.97 Å². The minimum atomic E-state index is -0.912. The molecule has 0 amide bonds. The molecule has 0 aliphatic heterocycles. The highest BCUT2D eigenvalue weighted by molar-refractivity contribution is 5.97. The van der Waals surface area contributed by atoms with Crippen LogP contribution in [0.4, 0.5) is 0 Å². The largest absolute Gasteiger partial charge is 0.477 e. The highest BCUT2D eigenvalue weighted by Crippen LogP contribution is 2.26. The quantitative estimate of drug-likeness (QED) is 0.757. The molecule has 0 saturated heterocycles. The van der Waals surface area contributed by atoms with Crippen LogP contribution in [-0.2, 0) is 6.42 Å². The lowest BCUT2D eigenvalue weighted by molar-refractivity contribution is 0.0690. The first-order valence-corrected chi connectivity index (χ1v) is 6.53. The first-order chi connectivity index (χ1) is 9.65. The third-order valence-corrected chi connectivity index (χ3v) is 3.50. The van der Waals surface area contributed by atoms with E-state index in [1.807, 2.05) is 55.5 Å². The van der Waals surface area contributed by atoms with Gasteiger partial charge in [0, 0.05) is 17.3 Å². The van der Waals surface area contributed by atoms with Gasteiger partial charge in [-0.1, -0.05) is 42.0 Å². The van der Waals surface area contributed by atoms with Gasteiger partial charge in [-0.3, -0.25) is 0 Å². The first kappa shape index (κ1) is 12.5. The summed E-state index contributed by atoms with van der Waals surface area (Å²) in [7, 11) is 0. The molecule has 3 nitrogen and oxygen atoms in total. The summed E-state index contributed by atoms with van der Waals surface area (Å²) < 4.78 is 0. The summed E-state index contributed by atoms with van der Waals surface area (Å²) in [6.45, 7) is 2.01. The Morgan fingerprint density at radius 1 is 1.15 bits per heavy atom. The van der Waals surface area contributed by atoms with E-state index >= 15 is 0 Å². The van der Waals surface area contributed by atoms with Crippen molar-refractivity contribution in [1.82, 2.24) is 4.98 Å². The Morgan fingerprint density at radius 3 is 2.60 bits per heavy atom. The summed E-state index contributed by atoms with van der Waals surface area (Å²) in [5.74, 6) is -0.912. The van der Waals surface area contributed by atoms with E-state index in [4.69, 9.17) is 0 Å². The molecule has 0 saturated carbocycles. The number of carboxylic acids is 1. The number of nitrogens with one attached hydrogen (secondary N) is 1. The van der Waals surface area contributed by atoms with Crippen LogP contribution in [0.3, 0.4) is 0 Å². The number of carbonyl (C=O) groups is 1. The average molecular weight is 265 g/mol. The zero-order valence-corrected chi connectivity index (χ0v) is 11.2. The average Bonchev–Trinajstić information content (AvgIpc) is 2.78. The number of fused-ring (bicyclic) bond motifs is 1. The second kappa shape index (κ2) is 4.85. The van der Waals surface area contributed by atoms with Crippen molar-refractivity contribution < 1.29 is 9.90 Å². The van der Waals surface area contributed by atoms with Gasteiger partial charge in [-0.2, -0.15) is 0 Å². The zero-order chi connectivity index (χ0) is 14.1. The van der Waals surface area contributed by atoms with Crippen LogP contribution in [0.5, 0.6) is 0 Å². The molecule has 2 N–H and O–H groups in total. The molecular formula is C17H15NO2. The molecule has 20 heavy (non-hydrogen) atoms. The lowest BCUT2D eigenvalue weighted by Gasteiger charge is -2.03. The fourth-order valence-corrected chi connectivity index (χ4v) is 2.53. The number of hydrogen-bond acceptors (Lipinski definition) is 1. The molecule has 0 aliphatic carbocycles. The third-order valence-electron chi connectivity index (χ3n) is 3.50. The smallest absolute Gasteiger partial charge is 0.352 e. The van der Waals surface area contributed by atoms with Gasteiger partial charge in [0.25, 0.3) is 0 Å². The fourth-order valence-electron chi connectivity index (χ4n) is 2.53. The van der Waals surface area contributed by atoms with E-state index in [9.17, 15) is 9.90 Å². The van der Waals surface area contributed by atoms with Crippen molar-refractivity contribution in [2.75, 3.05) is 0 Å². The predicted molar refractivity (Wildman–Crippen MR) is 79.2 cm³/mol. The highest BCUT2D eigenvalue weighted by atomic mass is 16.4. The number of aromatic nitrogens is 1. The molecule has 0 unspecified atom stereocenters. The van der Waals surface area contributed by atoms with Crippen LogP contribution in [0.1, 0.15) is 27.2 Å². The molecule has 2 aromatic carbocycles. The normalized spacial score (nSPS) is 10.8. The van der Waals surface area contributed by atoms with Crippen molar-refractivity contribution in [3.05, 3.63) is 70.9 Å². The Balaban J connectivity index is 2.18. The summed E-state index contributed by atoms with van der Waals surface area (Å²) in [4.78, 5) is 14.4. The number of H-pyrrole nitrogens is 1. The molecule has 1 aromatic heterocycles. The molecule has 0 bridgehead atoms. The van der Waals surface area contributed by atoms with Crippen molar-refractivity contribution in [1.29, 1.82) is 0 Å². The summed E-state index contributed by atoms with van der Waals surface area (Å²) in [6, 6.07) is 15.9. The molecular weight excluding hydrogens is 250 g/mol. The molecule has 0 atom stereocenters. The molecule has 0 aliphatic rings. The standard InChI is InChI=1S/C17H15NO2/c1-11-7-8-15-13(9-11)14(16(18-15)17(19)20)10-12-5-3-2-4-6-12/h2-9,18H,10H2,1H3,(H,19,20). The van der Waals surface area contributed by atoms with Crippen LogP contribution in [0.15, 0.2) is 48.5 Å². The topological polar surface area (TPSA) is 53.1 Å². The van der Waals surface area contributed by atoms with E-state index in [0.29, 0.717) is 6.42 Å². The Labute approximate surface area is 116 Å². The van der Waals surface area contributed by atoms with Crippen molar-refractivity contribution in [3.63, 3.8) is 0 Å². The Morgan fingerprint density at radius 2 is 1.90 bits per heavy atom. The van der Waals surface area contributed by atoms with Crippen LogP contribution < -0.4 is 0 Å². The van der Waals surface area contributed by atoms with Gasteiger partial charge in [0.15, 0.2) is 0 Å². The first-order valence-electron chi connectivity index (χ1n) is 6.53. The van der Waals surface area contributed by atoms with E-state index in [1.54, 1.807) is 0 Å². The SMILES string of the molecule is Cc1ccc2[nH]c(C(=O)O)c(Cc3ccccc3)c2c1. The molecule has 100 valence electrons. The van der Waals surface area contributed by atoms with Crippen LogP contribution >= 0.6 is 0 Å². The van der Waals surface area contributed by atoms with Crippen LogP contribution in [0, 0.1) is 6.92 Å². The minimum absolute atomic E-state index is 0.287. The minimum Gasteiger partial charge on any atom is -0.477 e. The maximum absolute atomic E-state index is 11.4. The summed E-state index contributed by atoms with van der Waals surface area (Å²) in [6.07, 6.45) is 0.617. The Kier molecular flexibility index (Phi) is 3.03. The van der Waals surface area contributed by atoms with Gasteiger partial charge in [-0.25, -0.2) is 4.79 Å². The zero-order valence-electron chi connectivity index (χ0n) is 11.2. The lowest BCUT2D eigenvalue weighted by atomic mass is 10.0. The number of benzene rings is 2. The molecule has 0 fully saturated rings.